The maximum Gasteiger partial charge on any atom is 0.252 e. The minimum atomic E-state index is -0.160. The monoisotopic (exact) mass is 376 g/mol. The average Bonchev–Trinajstić information content (AvgIpc) is 2.63. The van der Waals surface area contributed by atoms with Crippen LogP contribution in [0.15, 0.2) is 48.5 Å². The number of rotatable bonds is 5. The van der Waals surface area contributed by atoms with Gasteiger partial charge in [0.25, 0.3) is 5.91 Å². The van der Waals surface area contributed by atoms with E-state index in [-0.39, 0.29) is 5.91 Å². The maximum absolute atomic E-state index is 12.4. The highest BCUT2D eigenvalue weighted by molar-refractivity contribution is 6.35. The molecule has 1 heterocycles. The number of nitrogens with one attached hydrogen (secondary N) is 1. The van der Waals surface area contributed by atoms with Gasteiger partial charge in [-0.05, 0) is 49.1 Å². The second kappa shape index (κ2) is 8.70. The van der Waals surface area contributed by atoms with Gasteiger partial charge in [-0.3, -0.25) is 9.69 Å². The van der Waals surface area contributed by atoms with Crippen LogP contribution in [0.5, 0.6) is 0 Å². The molecule has 2 aromatic carbocycles. The quantitative estimate of drug-likeness (QED) is 0.824. The third kappa shape index (κ3) is 5.21. The molecule has 1 saturated heterocycles. The van der Waals surface area contributed by atoms with Gasteiger partial charge in [-0.2, -0.15) is 0 Å². The van der Waals surface area contributed by atoms with Gasteiger partial charge in [0.2, 0.25) is 0 Å². The Labute approximate surface area is 158 Å². The molecule has 0 bridgehead atoms. The molecule has 0 spiro atoms. The molecule has 132 valence electrons. The van der Waals surface area contributed by atoms with Crippen LogP contribution in [0.4, 0.5) is 0 Å². The number of hydrogen-bond acceptors (Lipinski definition) is 2. The summed E-state index contributed by atoms with van der Waals surface area (Å²) in [6.07, 6.45) is 2.29. The summed E-state index contributed by atoms with van der Waals surface area (Å²) < 4.78 is 0. The fourth-order valence-corrected chi connectivity index (χ4v) is 3.68. The van der Waals surface area contributed by atoms with E-state index in [9.17, 15) is 4.79 Å². The number of nitrogens with zero attached hydrogens (tertiary/aromatic N) is 1. The summed E-state index contributed by atoms with van der Waals surface area (Å²) >= 11 is 12.1. The number of benzene rings is 2. The van der Waals surface area contributed by atoms with Crippen LogP contribution >= 0.6 is 23.2 Å². The molecule has 0 aromatic heterocycles. The molecule has 1 amide bonds. The van der Waals surface area contributed by atoms with Gasteiger partial charge in [0.15, 0.2) is 0 Å². The number of carbonyl (C=O) groups is 1. The summed E-state index contributed by atoms with van der Waals surface area (Å²) in [5.41, 5.74) is 1.77. The average molecular weight is 377 g/mol. The number of carbonyl (C=O) groups excluding carboxylic acids is 1. The smallest absolute Gasteiger partial charge is 0.252 e. The third-order valence-electron chi connectivity index (χ3n) is 4.58. The molecule has 3 nitrogen and oxygen atoms in total. The Hall–Kier alpha value is -1.55. The summed E-state index contributed by atoms with van der Waals surface area (Å²) in [5, 5.41) is 3.95. The summed E-state index contributed by atoms with van der Waals surface area (Å²) in [4.78, 5) is 14.8. The first-order valence-corrected chi connectivity index (χ1v) is 9.37. The number of halogens is 2. The van der Waals surface area contributed by atoms with Crippen molar-refractivity contribution in [3.63, 3.8) is 0 Å². The third-order valence-corrected chi connectivity index (χ3v) is 5.14. The molecule has 1 aliphatic rings. The molecular formula is C20H22Cl2N2O. The summed E-state index contributed by atoms with van der Waals surface area (Å²) in [5.74, 6) is 0.298. The van der Waals surface area contributed by atoms with E-state index in [0.717, 1.165) is 32.5 Å². The fourth-order valence-electron chi connectivity index (χ4n) is 3.31. The van der Waals surface area contributed by atoms with E-state index < -0.39 is 0 Å². The minimum Gasteiger partial charge on any atom is -0.352 e. The van der Waals surface area contributed by atoms with Crippen LogP contribution < -0.4 is 5.32 Å². The molecule has 1 unspecified atom stereocenters. The minimum absolute atomic E-state index is 0.160. The van der Waals surface area contributed by atoms with Crippen molar-refractivity contribution in [2.24, 2.45) is 5.92 Å². The second-order valence-corrected chi connectivity index (χ2v) is 7.41. The van der Waals surface area contributed by atoms with Crippen LogP contribution in [0.1, 0.15) is 28.8 Å². The Balaban J connectivity index is 1.52. The standard InChI is InChI=1S/C20H22Cl2N2O/c21-17-8-9-19(22)18(11-17)20(25)23-12-16-7-4-10-24(14-16)13-15-5-2-1-3-6-15/h1-3,5-6,8-9,11,16H,4,7,10,12-14H2,(H,23,25). The Morgan fingerprint density at radius 3 is 2.76 bits per heavy atom. The molecular weight excluding hydrogens is 355 g/mol. The lowest BCUT2D eigenvalue weighted by Crippen LogP contribution is -2.40. The highest BCUT2D eigenvalue weighted by atomic mass is 35.5. The molecule has 1 atom stereocenters. The van der Waals surface area contributed by atoms with Gasteiger partial charge >= 0.3 is 0 Å². The molecule has 25 heavy (non-hydrogen) atoms. The van der Waals surface area contributed by atoms with Crippen LogP contribution in [0.25, 0.3) is 0 Å². The van der Waals surface area contributed by atoms with Crippen LogP contribution in [0, 0.1) is 5.92 Å². The van der Waals surface area contributed by atoms with Crippen LogP contribution in [0.2, 0.25) is 10.0 Å². The van der Waals surface area contributed by atoms with Crippen LogP contribution in [-0.2, 0) is 6.54 Å². The highest BCUT2D eigenvalue weighted by Gasteiger charge is 2.21. The molecule has 2 aromatic rings. The zero-order valence-corrected chi connectivity index (χ0v) is 15.6. The first-order chi connectivity index (χ1) is 12.1. The van der Waals surface area contributed by atoms with Crippen molar-refractivity contribution in [3.8, 4) is 0 Å². The van der Waals surface area contributed by atoms with Crippen molar-refractivity contribution in [1.82, 2.24) is 10.2 Å². The molecule has 1 aliphatic heterocycles. The molecule has 0 aliphatic carbocycles. The SMILES string of the molecule is O=C(NCC1CCCN(Cc2ccccc2)C1)c1cc(Cl)ccc1Cl. The number of piperidine rings is 1. The normalized spacial score (nSPS) is 18.1. The molecule has 0 saturated carbocycles. The topological polar surface area (TPSA) is 32.3 Å². The van der Waals surface area contributed by atoms with E-state index in [1.807, 2.05) is 6.07 Å². The maximum atomic E-state index is 12.4. The van der Waals surface area contributed by atoms with Gasteiger partial charge in [0.1, 0.15) is 0 Å². The lowest BCUT2D eigenvalue weighted by atomic mass is 9.97. The Morgan fingerprint density at radius 2 is 1.96 bits per heavy atom. The van der Waals surface area contributed by atoms with Crippen molar-refractivity contribution in [2.45, 2.75) is 19.4 Å². The zero-order valence-electron chi connectivity index (χ0n) is 14.1. The predicted molar refractivity (Wildman–Crippen MR) is 103 cm³/mol. The van der Waals surface area contributed by atoms with Crippen LogP contribution in [0.3, 0.4) is 0 Å². The number of hydrogen-bond donors (Lipinski definition) is 1. The van der Waals surface area contributed by atoms with E-state index in [2.05, 4.69) is 34.5 Å². The van der Waals surface area contributed by atoms with Crippen molar-refractivity contribution < 1.29 is 4.79 Å². The molecule has 0 radical (unpaired) electrons. The fraction of sp³-hybridized carbons (Fsp3) is 0.350. The van der Waals surface area contributed by atoms with Crippen molar-refractivity contribution in [3.05, 3.63) is 69.7 Å². The summed E-state index contributed by atoms with van der Waals surface area (Å²) in [6.45, 7) is 3.73. The van der Waals surface area contributed by atoms with E-state index in [1.54, 1.807) is 18.2 Å². The molecule has 1 N–H and O–H groups in total. The Kier molecular flexibility index (Phi) is 6.35. The Bertz CT molecular complexity index is 721. The molecule has 3 rings (SSSR count). The van der Waals surface area contributed by atoms with E-state index in [4.69, 9.17) is 23.2 Å². The van der Waals surface area contributed by atoms with E-state index in [1.165, 1.54) is 5.56 Å². The van der Waals surface area contributed by atoms with Crippen molar-refractivity contribution >= 4 is 29.1 Å². The number of amides is 1. The van der Waals surface area contributed by atoms with Crippen LogP contribution in [-0.4, -0.2) is 30.4 Å². The van der Waals surface area contributed by atoms with Gasteiger partial charge in [-0.1, -0.05) is 53.5 Å². The second-order valence-electron chi connectivity index (χ2n) is 6.56. The van der Waals surface area contributed by atoms with E-state index in [0.29, 0.717) is 28.1 Å². The first-order valence-electron chi connectivity index (χ1n) is 8.61. The largest absolute Gasteiger partial charge is 0.352 e. The highest BCUT2D eigenvalue weighted by Crippen LogP contribution is 2.21. The molecule has 5 heteroatoms. The molecule has 1 fully saturated rings. The van der Waals surface area contributed by atoms with Crippen molar-refractivity contribution in [1.29, 1.82) is 0 Å². The lowest BCUT2D eigenvalue weighted by Gasteiger charge is -2.32. The first kappa shape index (κ1) is 18.2. The van der Waals surface area contributed by atoms with Crippen molar-refractivity contribution in [2.75, 3.05) is 19.6 Å². The predicted octanol–water partition coefficient (Wildman–Crippen LogP) is 4.64. The number of likely N-dealkylation sites (tertiary alicyclic amines) is 1. The summed E-state index contributed by atoms with van der Waals surface area (Å²) in [6, 6.07) is 15.5. The zero-order chi connectivity index (χ0) is 17.6. The van der Waals surface area contributed by atoms with Gasteiger partial charge in [-0.25, -0.2) is 0 Å². The van der Waals surface area contributed by atoms with Gasteiger partial charge in [-0.15, -0.1) is 0 Å². The Morgan fingerprint density at radius 1 is 1.16 bits per heavy atom. The van der Waals surface area contributed by atoms with Gasteiger partial charge in [0, 0.05) is 24.7 Å². The lowest BCUT2D eigenvalue weighted by molar-refractivity contribution is 0.0930. The van der Waals surface area contributed by atoms with Gasteiger partial charge in [0.05, 0.1) is 10.6 Å². The van der Waals surface area contributed by atoms with Gasteiger partial charge < -0.3 is 5.32 Å². The van der Waals surface area contributed by atoms with E-state index >= 15 is 0 Å². The summed E-state index contributed by atoms with van der Waals surface area (Å²) in [7, 11) is 0.